The van der Waals surface area contributed by atoms with Gasteiger partial charge in [-0.1, -0.05) is 0 Å². The van der Waals surface area contributed by atoms with E-state index in [0.29, 0.717) is 0 Å². The van der Waals surface area contributed by atoms with Crippen LogP contribution in [0.25, 0.3) is 0 Å². The molecule has 3 aromatic rings. The largest absolute Gasteiger partial charge is 0.334 e. The highest BCUT2D eigenvalue weighted by Crippen LogP contribution is 2.19. The molecule has 2 N–H and O–H groups in total. The average molecular weight is 385 g/mol. The summed E-state index contributed by atoms with van der Waals surface area (Å²) in [5.74, 6) is -1.51. The number of rotatable bonds is 3. The Kier molecular flexibility index (Phi) is 5.59. The van der Waals surface area contributed by atoms with Gasteiger partial charge in [-0.3, -0.25) is 0 Å². The maximum Gasteiger partial charge on any atom is 0.334 e. The quantitative estimate of drug-likeness (QED) is 0.636. The molecule has 0 saturated heterocycles. The first kappa shape index (κ1) is 19.0. The number of carbonyl (C=O) groups excluding carboxylic acids is 2. The van der Waals surface area contributed by atoms with E-state index in [4.69, 9.17) is 0 Å². The molecule has 0 aliphatic carbocycles. The van der Waals surface area contributed by atoms with Crippen LogP contribution in [0, 0.1) is 17.5 Å². The first-order chi connectivity index (χ1) is 13.4. The lowest BCUT2D eigenvalue weighted by atomic mass is 10.2. The molecule has 0 fully saturated rings. The Morgan fingerprint density at radius 1 is 0.571 bits per heavy atom. The minimum Gasteiger partial charge on any atom is -0.307 e. The van der Waals surface area contributed by atoms with Gasteiger partial charge in [-0.2, -0.15) is 0 Å². The topological polar surface area (TPSA) is 61.4 Å². The highest BCUT2D eigenvalue weighted by Gasteiger charge is 2.24. The summed E-state index contributed by atoms with van der Waals surface area (Å²) in [5, 5.41) is 4.93. The third-order valence-electron chi connectivity index (χ3n) is 3.68. The molecule has 28 heavy (non-hydrogen) atoms. The zero-order valence-electron chi connectivity index (χ0n) is 14.3. The number of hydrogen-bond acceptors (Lipinski definition) is 2. The van der Waals surface area contributed by atoms with E-state index in [-0.39, 0.29) is 17.1 Å². The molecule has 0 heterocycles. The number of benzene rings is 3. The summed E-state index contributed by atoms with van der Waals surface area (Å²) in [4.78, 5) is 26.1. The molecule has 0 atom stereocenters. The molecule has 3 aromatic carbocycles. The van der Waals surface area contributed by atoms with Crippen molar-refractivity contribution in [1.29, 1.82) is 0 Å². The number of carbonyl (C=O) groups is 2. The Balaban J connectivity index is 1.86. The van der Waals surface area contributed by atoms with Crippen LogP contribution in [-0.4, -0.2) is 12.1 Å². The molecule has 0 aliphatic rings. The predicted octanol–water partition coefficient (Wildman–Crippen LogP) is 5.37. The zero-order valence-corrected chi connectivity index (χ0v) is 14.3. The van der Waals surface area contributed by atoms with Crippen molar-refractivity contribution in [2.75, 3.05) is 15.5 Å². The molecule has 0 aromatic heterocycles. The Morgan fingerprint density at radius 3 is 1.25 bits per heavy atom. The summed E-state index contributed by atoms with van der Waals surface area (Å²) in [6, 6.07) is 12.9. The van der Waals surface area contributed by atoms with Gasteiger partial charge in [0.05, 0.1) is 5.69 Å². The first-order valence-corrected chi connectivity index (χ1v) is 8.11. The molecular formula is C20H14F3N3O2. The van der Waals surface area contributed by atoms with Gasteiger partial charge < -0.3 is 10.6 Å². The SMILES string of the molecule is O=C(Nc1ccc(F)cc1)N(C(=O)Nc1ccc(F)cc1)c1ccc(F)cc1. The molecule has 5 nitrogen and oxygen atoms in total. The number of hydrogen-bond donors (Lipinski definition) is 2. The molecular weight excluding hydrogens is 371 g/mol. The molecule has 4 amide bonds. The van der Waals surface area contributed by atoms with Gasteiger partial charge in [-0.15, -0.1) is 0 Å². The van der Waals surface area contributed by atoms with Crippen LogP contribution in [0.4, 0.5) is 39.8 Å². The van der Waals surface area contributed by atoms with Gasteiger partial charge in [0.25, 0.3) is 0 Å². The van der Waals surface area contributed by atoms with Crippen molar-refractivity contribution < 1.29 is 22.8 Å². The number of anilines is 3. The van der Waals surface area contributed by atoms with E-state index in [9.17, 15) is 22.8 Å². The minimum absolute atomic E-state index is 0.0978. The molecule has 0 aliphatic heterocycles. The Bertz CT molecular complexity index is 916. The van der Waals surface area contributed by atoms with Crippen LogP contribution in [0.2, 0.25) is 0 Å². The van der Waals surface area contributed by atoms with Crippen LogP contribution in [-0.2, 0) is 0 Å². The molecule has 0 bridgehead atoms. The fourth-order valence-corrected chi connectivity index (χ4v) is 2.34. The van der Waals surface area contributed by atoms with Gasteiger partial charge in [0.2, 0.25) is 0 Å². The molecule has 142 valence electrons. The van der Waals surface area contributed by atoms with Gasteiger partial charge in [0, 0.05) is 11.4 Å². The number of amides is 4. The summed E-state index contributed by atoms with van der Waals surface area (Å²) in [6.45, 7) is 0. The lowest BCUT2D eigenvalue weighted by molar-refractivity contribution is 0.246. The standard InChI is InChI=1S/C20H14F3N3O2/c21-13-1-7-16(8-2-13)24-19(27)26(18-11-5-15(23)6-12-18)20(28)25-17-9-3-14(22)4-10-17/h1-12H,(H,24,27)(H,25,28). The van der Waals surface area contributed by atoms with Gasteiger partial charge in [-0.25, -0.2) is 27.7 Å². The monoisotopic (exact) mass is 385 g/mol. The van der Waals surface area contributed by atoms with Crippen LogP contribution >= 0.6 is 0 Å². The number of nitrogens with one attached hydrogen (secondary N) is 2. The lowest BCUT2D eigenvalue weighted by Crippen LogP contribution is -2.42. The third kappa shape index (κ3) is 4.67. The van der Waals surface area contributed by atoms with Crippen LogP contribution in [0.5, 0.6) is 0 Å². The second-order valence-corrected chi connectivity index (χ2v) is 5.69. The van der Waals surface area contributed by atoms with Crippen molar-refractivity contribution in [3.63, 3.8) is 0 Å². The number of nitrogens with zero attached hydrogens (tertiary/aromatic N) is 1. The Hall–Kier alpha value is -3.81. The predicted molar refractivity (Wildman–Crippen MR) is 99.7 cm³/mol. The van der Waals surface area contributed by atoms with E-state index in [0.717, 1.165) is 41.3 Å². The lowest BCUT2D eigenvalue weighted by Gasteiger charge is -2.22. The number of urea groups is 2. The van der Waals surface area contributed by atoms with Crippen molar-refractivity contribution in [3.8, 4) is 0 Å². The summed E-state index contributed by atoms with van der Waals surface area (Å²) < 4.78 is 39.3. The van der Waals surface area contributed by atoms with Crippen molar-refractivity contribution in [2.24, 2.45) is 0 Å². The van der Waals surface area contributed by atoms with E-state index in [2.05, 4.69) is 10.6 Å². The van der Waals surface area contributed by atoms with E-state index in [1.54, 1.807) is 0 Å². The van der Waals surface area contributed by atoms with E-state index in [1.807, 2.05) is 0 Å². The normalized spacial score (nSPS) is 10.2. The van der Waals surface area contributed by atoms with E-state index in [1.165, 1.54) is 36.4 Å². The van der Waals surface area contributed by atoms with Crippen LogP contribution in [0.1, 0.15) is 0 Å². The van der Waals surface area contributed by atoms with Gasteiger partial charge in [-0.05, 0) is 72.8 Å². The fourth-order valence-electron chi connectivity index (χ4n) is 2.34. The molecule has 0 spiro atoms. The maximum atomic E-state index is 13.2. The smallest absolute Gasteiger partial charge is 0.307 e. The van der Waals surface area contributed by atoms with Crippen molar-refractivity contribution in [2.45, 2.75) is 0 Å². The molecule has 0 saturated carbocycles. The summed E-state index contributed by atoms with van der Waals surface area (Å²) in [6.07, 6.45) is 0. The summed E-state index contributed by atoms with van der Waals surface area (Å²) in [7, 11) is 0. The van der Waals surface area contributed by atoms with Crippen LogP contribution in [0.3, 0.4) is 0 Å². The van der Waals surface area contributed by atoms with Crippen molar-refractivity contribution >= 4 is 29.1 Å². The Morgan fingerprint density at radius 2 is 0.893 bits per heavy atom. The van der Waals surface area contributed by atoms with Gasteiger partial charge in [0.1, 0.15) is 17.5 Å². The number of imide groups is 1. The maximum absolute atomic E-state index is 13.2. The molecule has 0 unspecified atom stereocenters. The number of halogens is 3. The fraction of sp³-hybridized carbons (Fsp3) is 0. The molecule has 0 radical (unpaired) electrons. The van der Waals surface area contributed by atoms with Crippen LogP contribution in [0.15, 0.2) is 72.8 Å². The summed E-state index contributed by atoms with van der Waals surface area (Å²) >= 11 is 0. The van der Waals surface area contributed by atoms with E-state index < -0.39 is 29.5 Å². The van der Waals surface area contributed by atoms with E-state index >= 15 is 0 Å². The Labute approximate surface area is 158 Å². The third-order valence-corrected chi connectivity index (χ3v) is 3.68. The highest BCUT2D eigenvalue weighted by molar-refractivity contribution is 6.21. The highest BCUT2D eigenvalue weighted by atomic mass is 19.1. The first-order valence-electron chi connectivity index (χ1n) is 8.11. The summed E-state index contributed by atoms with van der Waals surface area (Å²) in [5.41, 5.74) is 0.613. The second kappa shape index (κ2) is 8.26. The zero-order chi connectivity index (χ0) is 20.1. The average Bonchev–Trinajstić information content (AvgIpc) is 2.67. The van der Waals surface area contributed by atoms with Crippen molar-refractivity contribution in [3.05, 3.63) is 90.2 Å². The second-order valence-electron chi connectivity index (χ2n) is 5.69. The van der Waals surface area contributed by atoms with Crippen LogP contribution < -0.4 is 15.5 Å². The van der Waals surface area contributed by atoms with Gasteiger partial charge >= 0.3 is 12.1 Å². The molecule has 8 heteroatoms. The molecule has 3 rings (SSSR count). The van der Waals surface area contributed by atoms with Gasteiger partial charge in [0.15, 0.2) is 0 Å². The minimum atomic E-state index is -0.849. The van der Waals surface area contributed by atoms with Crippen molar-refractivity contribution in [1.82, 2.24) is 0 Å².